The van der Waals surface area contributed by atoms with Crippen LogP contribution in [0.5, 0.6) is 0 Å². The summed E-state index contributed by atoms with van der Waals surface area (Å²) in [6, 6.07) is 9.72. The van der Waals surface area contributed by atoms with Crippen LogP contribution in [-0.2, 0) is 16.1 Å². The van der Waals surface area contributed by atoms with Gasteiger partial charge < -0.3 is 4.74 Å². The summed E-state index contributed by atoms with van der Waals surface area (Å²) < 4.78 is 4.83. The average molecular weight is 235 g/mol. The molecule has 0 aliphatic carbocycles. The lowest BCUT2D eigenvalue weighted by atomic mass is 9.86. The molecule has 1 aromatic carbocycles. The second kappa shape index (κ2) is 5.82. The maximum atomic E-state index is 11.7. The molecule has 17 heavy (non-hydrogen) atoms. The van der Waals surface area contributed by atoms with Gasteiger partial charge in [-0.15, -0.1) is 0 Å². The molecular formula is C14H21NO2. The number of ether oxygens (including phenoxy) is 1. The normalized spacial score (nSPS) is 13.2. The monoisotopic (exact) mass is 235 g/mol. The van der Waals surface area contributed by atoms with Crippen molar-refractivity contribution in [3.05, 3.63) is 35.9 Å². The number of rotatable bonds is 4. The predicted molar refractivity (Wildman–Crippen MR) is 68.5 cm³/mol. The Morgan fingerprint density at radius 2 is 1.88 bits per heavy atom. The van der Waals surface area contributed by atoms with Crippen LogP contribution in [0.25, 0.3) is 0 Å². The first-order chi connectivity index (χ1) is 7.95. The summed E-state index contributed by atoms with van der Waals surface area (Å²) in [5, 5.41) is 3.25. The molecule has 0 saturated carbocycles. The van der Waals surface area contributed by atoms with Gasteiger partial charge in [0.2, 0.25) is 0 Å². The Labute approximate surface area is 103 Å². The van der Waals surface area contributed by atoms with E-state index >= 15 is 0 Å². The van der Waals surface area contributed by atoms with Gasteiger partial charge in [-0.3, -0.25) is 10.1 Å². The molecule has 1 N–H and O–H groups in total. The quantitative estimate of drug-likeness (QED) is 0.814. The van der Waals surface area contributed by atoms with Crippen LogP contribution in [0.4, 0.5) is 0 Å². The molecule has 94 valence electrons. The first-order valence-electron chi connectivity index (χ1n) is 5.80. The van der Waals surface area contributed by atoms with E-state index in [-0.39, 0.29) is 17.4 Å². The highest BCUT2D eigenvalue weighted by Crippen LogP contribution is 2.20. The summed E-state index contributed by atoms with van der Waals surface area (Å²) in [6.07, 6.45) is 0. The molecule has 3 nitrogen and oxygen atoms in total. The highest BCUT2D eigenvalue weighted by atomic mass is 16.5. The van der Waals surface area contributed by atoms with Crippen molar-refractivity contribution in [1.29, 1.82) is 0 Å². The minimum absolute atomic E-state index is 0.165. The summed E-state index contributed by atoms with van der Waals surface area (Å²) >= 11 is 0. The molecule has 0 aliphatic heterocycles. The van der Waals surface area contributed by atoms with E-state index in [4.69, 9.17) is 4.74 Å². The van der Waals surface area contributed by atoms with Gasteiger partial charge in [-0.05, 0) is 11.0 Å². The minimum Gasteiger partial charge on any atom is -0.468 e. The predicted octanol–water partition coefficient (Wildman–Crippen LogP) is 2.36. The van der Waals surface area contributed by atoms with Crippen molar-refractivity contribution in [3.8, 4) is 0 Å². The Morgan fingerprint density at radius 3 is 2.35 bits per heavy atom. The van der Waals surface area contributed by atoms with Gasteiger partial charge in [0.15, 0.2) is 0 Å². The lowest BCUT2D eigenvalue weighted by Gasteiger charge is -2.29. The molecule has 1 rings (SSSR count). The maximum Gasteiger partial charge on any atom is 0.323 e. The standard InChI is InChI=1S/C14H21NO2/c1-14(2,3)12(13(16)17-4)15-10-11-8-6-5-7-9-11/h5-9,12,15H,10H2,1-4H3/t12-/m1/s1. The molecule has 3 heteroatoms. The lowest BCUT2D eigenvalue weighted by molar-refractivity contribution is -0.146. The number of nitrogens with one attached hydrogen (secondary N) is 1. The van der Waals surface area contributed by atoms with E-state index in [1.165, 1.54) is 7.11 Å². The minimum atomic E-state index is -0.298. The van der Waals surface area contributed by atoms with Crippen molar-refractivity contribution in [2.45, 2.75) is 33.4 Å². The molecule has 0 aromatic heterocycles. The van der Waals surface area contributed by atoms with Gasteiger partial charge in [0, 0.05) is 6.54 Å². The number of carbonyl (C=O) groups is 1. The number of hydrogen-bond acceptors (Lipinski definition) is 3. The number of hydrogen-bond donors (Lipinski definition) is 1. The van der Waals surface area contributed by atoms with Crippen molar-refractivity contribution >= 4 is 5.97 Å². The molecule has 1 atom stereocenters. The van der Waals surface area contributed by atoms with Crippen molar-refractivity contribution in [2.24, 2.45) is 5.41 Å². The third-order valence-electron chi connectivity index (χ3n) is 2.66. The topological polar surface area (TPSA) is 38.3 Å². The molecule has 0 radical (unpaired) electrons. The molecule has 0 spiro atoms. The van der Waals surface area contributed by atoms with Crippen molar-refractivity contribution in [2.75, 3.05) is 7.11 Å². The summed E-state index contributed by atoms with van der Waals surface area (Å²) in [7, 11) is 1.42. The Balaban J connectivity index is 2.65. The van der Waals surface area contributed by atoms with E-state index < -0.39 is 0 Å². The average Bonchev–Trinajstić information content (AvgIpc) is 2.28. The first-order valence-corrected chi connectivity index (χ1v) is 5.80. The first kappa shape index (κ1) is 13.7. The number of esters is 1. The molecule has 0 heterocycles. The van der Waals surface area contributed by atoms with E-state index in [1.54, 1.807) is 0 Å². The van der Waals surface area contributed by atoms with Gasteiger partial charge in [0.05, 0.1) is 7.11 Å². The summed E-state index contributed by atoms with van der Waals surface area (Å²) in [5.74, 6) is -0.214. The van der Waals surface area contributed by atoms with Gasteiger partial charge >= 0.3 is 5.97 Å². The van der Waals surface area contributed by atoms with Crippen molar-refractivity contribution in [3.63, 3.8) is 0 Å². The van der Waals surface area contributed by atoms with Crippen LogP contribution in [0.2, 0.25) is 0 Å². The fourth-order valence-electron chi connectivity index (χ4n) is 1.68. The molecule has 0 fully saturated rings. The molecular weight excluding hydrogens is 214 g/mol. The third kappa shape index (κ3) is 4.19. The zero-order valence-corrected chi connectivity index (χ0v) is 11.0. The van der Waals surface area contributed by atoms with Gasteiger partial charge in [-0.1, -0.05) is 51.1 Å². The Bertz CT molecular complexity index is 354. The highest BCUT2D eigenvalue weighted by molar-refractivity contribution is 5.76. The number of methoxy groups -OCH3 is 1. The second-order valence-corrected chi connectivity index (χ2v) is 5.19. The van der Waals surface area contributed by atoms with Gasteiger partial charge in [0.25, 0.3) is 0 Å². The van der Waals surface area contributed by atoms with Crippen LogP contribution < -0.4 is 5.32 Å². The maximum absolute atomic E-state index is 11.7. The van der Waals surface area contributed by atoms with Crippen LogP contribution in [0, 0.1) is 5.41 Å². The van der Waals surface area contributed by atoms with E-state index in [0.717, 1.165) is 5.56 Å². The highest BCUT2D eigenvalue weighted by Gasteiger charge is 2.31. The van der Waals surface area contributed by atoms with Crippen molar-refractivity contribution in [1.82, 2.24) is 5.32 Å². The van der Waals surface area contributed by atoms with E-state index in [1.807, 2.05) is 51.1 Å². The number of benzene rings is 1. The van der Waals surface area contributed by atoms with Crippen molar-refractivity contribution < 1.29 is 9.53 Å². The van der Waals surface area contributed by atoms with E-state index in [0.29, 0.717) is 6.54 Å². The Morgan fingerprint density at radius 1 is 1.29 bits per heavy atom. The Hall–Kier alpha value is -1.35. The van der Waals surface area contributed by atoms with Gasteiger partial charge in [-0.25, -0.2) is 0 Å². The molecule has 0 bridgehead atoms. The zero-order chi connectivity index (χ0) is 12.9. The largest absolute Gasteiger partial charge is 0.468 e. The van der Waals surface area contributed by atoms with Crippen LogP contribution >= 0.6 is 0 Å². The van der Waals surface area contributed by atoms with Gasteiger partial charge in [-0.2, -0.15) is 0 Å². The van der Waals surface area contributed by atoms with Crippen LogP contribution in [0.1, 0.15) is 26.3 Å². The van der Waals surface area contributed by atoms with Gasteiger partial charge in [0.1, 0.15) is 6.04 Å². The summed E-state index contributed by atoms with van der Waals surface area (Å²) in [6.45, 7) is 6.73. The summed E-state index contributed by atoms with van der Waals surface area (Å²) in [4.78, 5) is 11.7. The zero-order valence-electron chi connectivity index (χ0n) is 11.0. The van der Waals surface area contributed by atoms with E-state index in [9.17, 15) is 4.79 Å². The molecule has 0 unspecified atom stereocenters. The fourth-order valence-corrected chi connectivity index (χ4v) is 1.68. The summed E-state index contributed by atoms with van der Waals surface area (Å²) in [5.41, 5.74) is 0.993. The van der Waals surface area contributed by atoms with Crippen LogP contribution in [0.3, 0.4) is 0 Å². The lowest BCUT2D eigenvalue weighted by Crippen LogP contribution is -2.46. The van der Waals surface area contributed by atoms with Crippen LogP contribution in [0.15, 0.2) is 30.3 Å². The third-order valence-corrected chi connectivity index (χ3v) is 2.66. The molecule has 1 aromatic rings. The second-order valence-electron chi connectivity index (χ2n) is 5.19. The molecule has 0 saturated heterocycles. The number of carbonyl (C=O) groups excluding carboxylic acids is 1. The Kier molecular flexibility index (Phi) is 4.70. The van der Waals surface area contributed by atoms with Crippen LogP contribution in [-0.4, -0.2) is 19.1 Å². The van der Waals surface area contributed by atoms with E-state index in [2.05, 4.69) is 5.32 Å². The smallest absolute Gasteiger partial charge is 0.323 e. The molecule has 0 aliphatic rings. The SMILES string of the molecule is COC(=O)[C@@H](NCc1ccccc1)C(C)(C)C. The molecule has 0 amide bonds. The fraction of sp³-hybridized carbons (Fsp3) is 0.500.